The molecule has 0 atom stereocenters. The zero-order valence-corrected chi connectivity index (χ0v) is 8.51. The van der Waals surface area contributed by atoms with E-state index in [1.54, 1.807) is 0 Å². The third-order valence-corrected chi connectivity index (χ3v) is 2.10. The molecule has 7 heteroatoms. The summed E-state index contributed by atoms with van der Waals surface area (Å²) in [5.41, 5.74) is 0.895. The number of halogens is 2. The Morgan fingerprint density at radius 1 is 1.53 bits per heavy atom. The third-order valence-electron chi connectivity index (χ3n) is 2.10. The molecule has 0 radical (unpaired) electrons. The molecule has 1 aromatic heterocycles. The first-order valence-electron chi connectivity index (χ1n) is 4.70. The smallest absolute Gasteiger partial charge is 0.335 e. The Morgan fingerprint density at radius 2 is 2.29 bits per heavy atom. The van der Waals surface area contributed by atoms with Crippen molar-refractivity contribution in [3.05, 3.63) is 30.1 Å². The fraction of sp³-hybridized carbons (Fsp3) is 0.200. The summed E-state index contributed by atoms with van der Waals surface area (Å²) in [5, 5.41) is 8.76. The van der Waals surface area contributed by atoms with Crippen molar-refractivity contribution in [1.82, 2.24) is 9.71 Å². The molecule has 0 aliphatic carbocycles. The van der Waals surface area contributed by atoms with Crippen LogP contribution in [0.5, 0.6) is 0 Å². The van der Waals surface area contributed by atoms with Crippen LogP contribution in [-0.2, 0) is 0 Å². The summed E-state index contributed by atoms with van der Waals surface area (Å²) in [7, 11) is 0. The maximum Gasteiger partial charge on any atom is 0.335 e. The van der Waals surface area contributed by atoms with Crippen LogP contribution in [0.4, 0.5) is 8.78 Å². The van der Waals surface area contributed by atoms with Crippen molar-refractivity contribution < 1.29 is 23.5 Å². The molecule has 0 saturated carbocycles. The topological polar surface area (TPSA) is 64.3 Å². The molecular weight excluding hydrogens is 234 g/mol. The van der Waals surface area contributed by atoms with Crippen LogP contribution in [0.15, 0.2) is 24.5 Å². The van der Waals surface area contributed by atoms with Gasteiger partial charge in [0.05, 0.1) is 11.1 Å². The van der Waals surface area contributed by atoms with Gasteiger partial charge in [-0.05, 0) is 18.2 Å². The van der Waals surface area contributed by atoms with Crippen molar-refractivity contribution in [2.24, 2.45) is 0 Å². The maximum absolute atomic E-state index is 12.0. The van der Waals surface area contributed by atoms with E-state index in [1.165, 1.54) is 24.5 Å². The minimum atomic E-state index is -2.58. The quantitative estimate of drug-likeness (QED) is 0.880. The van der Waals surface area contributed by atoms with Crippen molar-refractivity contribution in [2.45, 2.75) is 6.43 Å². The highest BCUT2D eigenvalue weighted by molar-refractivity contribution is 5.92. The van der Waals surface area contributed by atoms with E-state index in [0.29, 0.717) is 11.0 Å². The molecule has 0 bridgehead atoms. The van der Waals surface area contributed by atoms with E-state index in [4.69, 9.17) is 9.94 Å². The number of imidazole rings is 1. The molecule has 2 aromatic rings. The number of alkyl halides is 2. The van der Waals surface area contributed by atoms with Crippen molar-refractivity contribution in [2.75, 3.05) is 6.61 Å². The van der Waals surface area contributed by atoms with E-state index in [1.807, 2.05) is 0 Å². The summed E-state index contributed by atoms with van der Waals surface area (Å²) in [6.45, 7) is -0.744. The first-order valence-corrected chi connectivity index (χ1v) is 4.70. The fourth-order valence-electron chi connectivity index (χ4n) is 1.36. The molecule has 0 unspecified atom stereocenters. The van der Waals surface area contributed by atoms with Crippen LogP contribution >= 0.6 is 0 Å². The van der Waals surface area contributed by atoms with Gasteiger partial charge in [0.1, 0.15) is 11.8 Å². The number of benzene rings is 1. The summed E-state index contributed by atoms with van der Waals surface area (Å²) >= 11 is 0. The van der Waals surface area contributed by atoms with Gasteiger partial charge in [-0.3, -0.25) is 0 Å². The lowest BCUT2D eigenvalue weighted by atomic mass is 10.2. The first kappa shape index (κ1) is 11.3. The van der Waals surface area contributed by atoms with E-state index < -0.39 is 19.0 Å². The molecule has 5 nitrogen and oxygen atoms in total. The largest absolute Gasteiger partial charge is 0.478 e. The summed E-state index contributed by atoms with van der Waals surface area (Å²) < 4.78 is 25.0. The molecule has 0 saturated heterocycles. The van der Waals surface area contributed by atoms with Crippen LogP contribution in [0.25, 0.3) is 11.0 Å². The van der Waals surface area contributed by atoms with Gasteiger partial charge in [-0.2, -0.15) is 4.73 Å². The normalized spacial score (nSPS) is 11.0. The molecule has 1 N–H and O–H groups in total. The molecule has 1 aromatic carbocycles. The predicted molar refractivity (Wildman–Crippen MR) is 54.1 cm³/mol. The Labute approximate surface area is 94.2 Å². The van der Waals surface area contributed by atoms with Crippen molar-refractivity contribution in [3.63, 3.8) is 0 Å². The minimum Gasteiger partial charge on any atom is -0.478 e. The minimum absolute atomic E-state index is 0.0802. The van der Waals surface area contributed by atoms with Gasteiger partial charge in [0.15, 0.2) is 6.61 Å². The summed E-state index contributed by atoms with van der Waals surface area (Å²) in [6.07, 6.45) is -1.36. The van der Waals surface area contributed by atoms with Crippen LogP contribution in [0.3, 0.4) is 0 Å². The lowest BCUT2D eigenvalue weighted by molar-refractivity contribution is 0.0129. The molecule has 17 heavy (non-hydrogen) atoms. The summed E-state index contributed by atoms with van der Waals surface area (Å²) in [4.78, 5) is 19.3. The fourth-order valence-corrected chi connectivity index (χ4v) is 1.36. The van der Waals surface area contributed by atoms with Gasteiger partial charge in [0.25, 0.3) is 6.43 Å². The first-order chi connectivity index (χ1) is 8.08. The molecule has 0 aliphatic rings. The van der Waals surface area contributed by atoms with E-state index in [0.717, 1.165) is 4.73 Å². The Balaban J connectivity index is 2.31. The Hall–Kier alpha value is -2.18. The average molecular weight is 242 g/mol. The highest BCUT2D eigenvalue weighted by Crippen LogP contribution is 2.14. The second-order valence-electron chi connectivity index (χ2n) is 3.27. The Morgan fingerprint density at radius 3 is 2.94 bits per heavy atom. The number of hydrogen-bond acceptors (Lipinski definition) is 3. The zero-order valence-electron chi connectivity index (χ0n) is 8.51. The molecule has 0 fully saturated rings. The second-order valence-corrected chi connectivity index (χ2v) is 3.27. The molecule has 0 aliphatic heterocycles. The molecule has 0 spiro atoms. The number of nitrogens with zero attached hydrogens (tertiary/aromatic N) is 2. The Kier molecular flexibility index (Phi) is 2.90. The van der Waals surface area contributed by atoms with Crippen LogP contribution in [-0.4, -0.2) is 33.8 Å². The van der Waals surface area contributed by atoms with E-state index in [-0.39, 0.29) is 5.56 Å². The number of carbonyl (C=O) groups is 1. The van der Waals surface area contributed by atoms with E-state index in [9.17, 15) is 13.6 Å². The van der Waals surface area contributed by atoms with Gasteiger partial charge in [-0.25, -0.2) is 18.6 Å². The molecule has 2 rings (SSSR count). The number of carboxylic acid groups (broad SMARTS) is 1. The van der Waals surface area contributed by atoms with Crippen molar-refractivity contribution >= 4 is 17.0 Å². The number of carboxylic acids is 1. The van der Waals surface area contributed by atoms with Gasteiger partial charge < -0.3 is 9.94 Å². The third kappa shape index (κ3) is 2.32. The molecule has 1 heterocycles. The molecule has 0 amide bonds. The highest BCUT2D eigenvalue weighted by Gasteiger charge is 2.10. The van der Waals surface area contributed by atoms with Gasteiger partial charge in [-0.15, -0.1) is 0 Å². The van der Waals surface area contributed by atoms with Gasteiger partial charge in [-0.1, -0.05) is 0 Å². The lowest BCUT2D eigenvalue weighted by Crippen LogP contribution is -2.17. The van der Waals surface area contributed by atoms with E-state index >= 15 is 0 Å². The number of aromatic nitrogens is 2. The van der Waals surface area contributed by atoms with Crippen LogP contribution in [0, 0.1) is 0 Å². The summed E-state index contributed by atoms with van der Waals surface area (Å²) in [6, 6.07) is 4.16. The van der Waals surface area contributed by atoms with Crippen LogP contribution in [0.2, 0.25) is 0 Å². The second kappa shape index (κ2) is 4.36. The maximum atomic E-state index is 12.0. The van der Waals surface area contributed by atoms with Crippen LogP contribution < -0.4 is 4.84 Å². The van der Waals surface area contributed by atoms with Gasteiger partial charge >= 0.3 is 5.97 Å². The van der Waals surface area contributed by atoms with Gasteiger partial charge in [0.2, 0.25) is 0 Å². The lowest BCUT2D eigenvalue weighted by Gasteiger charge is -2.06. The zero-order chi connectivity index (χ0) is 12.4. The van der Waals surface area contributed by atoms with Crippen molar-refractivity contribution in [3.8, 4) is 0 Å². The number of fused-ring (bicyclic) bond motifs is 1. The van der Waals surface area contributed by atoms with E-state index in [2.05, 4.69) is 4.98 Å². The van der Waals surface area contributed by atoms with Crippen LogP contribution in [0.1, 0.15) is 10.4 Å². The SMILES string of the molecule is O=C(O)c1ccc2c(c1)ncn2OCC(F)F. The number of aromatic carboxylic acids is 1. The van der Waals surface area contributed by atoms with Crippen molar-refractivity contribution in [1.29, 1.82) is 0 Å². The average Bonchev–Trinajstić information content (AvgIpc) is 2.68. The summed E-state index contributed by atoms with van der Waals surface area (Å²) in [5.74, 6) is -1.07. The monoisotopic (exact) mass is 242 g/mol. The predicted octanol–water partition coefficient (Wildman–Crippen LogP) is 1.43. The van der Waals surface area contributed by atoms with Gasteiger partial charge in [0, 0.05) is 0 Å². The molecule has 90 valence electrons. The number of rotatable bonds is 4. The highest BCUT2D eigenvalue weighted by atomic mass is 19.3. The molecular formula is C10H8F2N2O3. The Bertz CT molecular complexity index is 553. The standard InChI is InChI=1S/C10H8F2N2O3/c11-9(12)4-17-14-5-13-7-3-6(10(15)16)1-2-8(7)14/h1-3,5,9H,4H2,(H,15,16). The number of hydrogen-bond donors (Lipinski definition) is 1.